The highest BCUT2D eigenvalue weighted by Crippen LogP contribution is 2.43. The Morgan fingerprint density at radius 3 is 1.33 bits per heavy atom. The molecule has 55 heavy (non-hydrogen) atoms. The lowest BCUT2D eigenvalue weighted by molar-refractivity contribution is -0.161. The molecule has 0 aromatic heterocycles. The van der Waals surface area contributed by atoms with Gasteiger partial charge in [0.25, 0.3) is 0 Å². The molecule has 0 amide bonds. The minimum absolute atomic E-state index is 0.163. The van der Waals surface area contributed by atoms with E-state index in [-0.39, 0.29) is 19.4 Å². The number of phosphoric acid groups is 1. The first-order valence-corrected chi connectivity index (χ1v) is 23.7. The van der Waals surface area contributed by atoms with Crippen LogP contribution in [0.25, 0.3) is 0 Å². The summed E-state index contributed by atoms with van der Waals surface area (Å²) in [6.45, 7) is 2.81. The summed E-state index contributed by atoms with van der Waals surface area (Å²) in [6, 6.07) is -1.52. The highest BCUT2D eigenvalue weighted by Gasteiger charge is 2.28. The van der Waals surface area contributed by atoms with Crippen molar-refractivity contribution in [2.75, 3.05) is 19.8 Å². The number of carbonyl (C=O) groups excluding carboxylic acids is 2. The normalized spacial score (nSPS) is 13.8. The van der Waals surface area contributed by atoms with Crippen LogP contribution < -0.4 is 5.73 Å². The number of carbonyl (C=O) groups is 3. The van der Waals surface area contributed by atoms with E-state index in [1.807, 2.05) is 0 Å². The molecule has 0 fully saturated rings. The Bertz CT molecular complexity index is 995. The monoisotopic (exact) mass is 804 g/mol. The van der Waals surface area contributed by atoms with Gasteiger partial charge in [0.15, 0.2) is 6.10 Å². The van der Waals surface area contributed by atoms with Gasteiger partial charge in [0, 0.05) is 12.8 Å². The van der Waals surface area contributed by atoms with Crippen LogP contribution in [0.3, 0.4) is 0 Å². The Morgan fingerprint density at radius 2 is 0.909 bits per heavy atom. The second kappa shape index (κ2) is 39.1. The Labute approximate surface area is 335 Å². The highest BCUT2D eigenvalue weighted by atomic mass is 31.2. The summed E-state index contributed by atoms with van der Waals surface area (Å²) in [5.41, 5.74) is 5.33. The van der Waals surface area contributed by atoms with Crippen molar-refractivity contribution < 1.29 is 47.5 Å². The minimum Gasteiger partial charge on any atom is -0.480 e. The van der Waals surface area contributed by atoms with Gasteiger partial charge in [-0.3, -0.25) is 23.4 Å². The Hall–Kier alpha value is -1.78. The number of carboxylic acids is 1. The first kappa shape index (κ1) is 53.2. The zero-order valence-corrected chi connectivity index (χ0v) is 35.9. The summed E-state index contributed by atoms with van der Waals surface area (Å²) in [5.74, 6) is -2.37. The van der Waals surface area contributed by atoms with Crippen molar-refractivity contribution in [1.82, 2.24) is 0 Å². The first-order chi connectivity index (χ1) is 26.6. The number of esters is 2. The maximum Gasteiger partial charge on any atom is 0.472 e. The molecule has 0 saturated carbocycles. The Morgan fingerprint density at radius 1 is 0.545 bits per heavy atom. The topological polar surface area (TPSA) is 172 Å². The third-order valence-electron chi connectivity index (χ3n) is 9.76. The van der Waals surface area contributed by atoms with Gasteiger partial charge in [-0.15, -0.1) is 0 Å². The van der Waals surface area contributed by atoms with Gasteiger partial charge in [-0.25, -0.2) is 4.57 Å². The van der Waals surface area contributed by atoms with E-state index in [1.54, 1.807) is 0 Å². The molecule has 0 spiro atoms. The lowest BCUT2D eigenvalue weighted by Gasteiger charge is -2.20. The van der Waals surface area contributed by atoms with Crippen molar-refractivity contribution in [3.05, 3.63) is 12.2 Å². The van der Waals surface area contributed by atoms with Crippen molar-refractivity contribution in [3.8, 4) is 0 Å². The summed E-state index contributed by atoms with van der Waals surface area (Å²) >= 11 is 0. The second-order valence-corrected chi connectivity index (χ2v) is 16.6. The molecule has 11 nitrogen and oxygen atoms in total. The number of allylic oxidation sites excluding steroid dienone is 2. The van der Waals surface area contributed by atoms with E-state index in [0.717, 1.165) is 38.5 Å². The maximum atomic E-state index is 12.6. The van der Waals surface area contributed by atoms with Crippen LogP contribution in [0, 0.1) is 0 Å². The number of unbranched alkanes of at least 4 members (excludes halogenated alkanes) is 26. The minimum atomic E-state index is -4.71. The molecule has 12 heteroatoms. The molecule has 0 aliphatic carbocycles. The number of aliphatic carboxylic acids is 1. The summed E-state index contributed by atoms with van der Waals surface area (Å²) in [5, 5.41) is 8.88. The van der Waals surface area contributed by atoms with E-state index < -0.39 is 51.1 Å². The first-order valence-electron chi connectivity index (χ1n) is 22.2. The molecule has 0 aromatic rings. The predicted molar refractivity (Wildman–Crippen MR) is 222 cm³/mol. The molecule has 0 radical (unpaired) electrons. The Balaban J connectivity index is 4.30. The highest BCUT2D eigenvalue weighted by molar-refractivity contribution is 7.47. The van der Waals surface area contributed by atoms with Gasteiger partial charge in [0.1, 0.15) is 12.6 Å². The van der Waals surface area contributed by atoms with Crippen LogP contribution in [0.5, 0.6) is 0 Å². The number of phosphoric ester groups is 1. The van der Waals surface area contributed by atoms with Gasteiger partial charge in [0.05, 0.1) is 13.2 Å². The van der Waals surface area contributed by atoms with Gasteiger partial charge >= 0.3 is 25.7 Å². The molecule has 4 N–H and O–H groups in total. The van der Waals surface area contributed by atoms with Crippen molar-refractivity contribution in [3.63, 3.8) is 0 Å². The number of hydrogen-bond acceptors (Lipinski definition) is 9. The molecule has 324 valence electrons. The lowest BCUT2D eigenvalue weighted by atomic mass is 10.0. The summed E-state index contributed by atoms with van der Waals surface area (Å²) in [6.07, 6.45) is 38.4. The average molecular weight is 804 g/mol. The fraction of sp³-hybridized carbons (Fsp3) is 0.884. The van der Waals surface area contributed by atoms with Crippen LogP contribution in [0.1, 0.15) is 213 Å². The van der Waals surface area contributed by atoms with E-state index in [4.69, 9.17) is 24.8 Å². The predicted octanol–water partition coefficient (Wildman–Crippen LogP) is 11.7. The third kappa shape index (κ3) is 38.9. The van der Waals surface area contributed by atoms with Crippen LogP contribution in [0.15, 0.2) is 12.2 Å². The number of nitrogens with two attached hydrogens (primary N) is 1. The molecule has 0 aliphatic heterocycles. The maximum absolute atomic E-state index is 12.6. The molecule has 0 aliphatic rings. The van der Waals surface area contributed by atoms with Crippen molar-refractivity contribution in [2.24, 2.45) is 5.73 Å². The smallest absolute Gasteiger partial charge is 0.472 e. The van der Waals surface area contributed by atoms with Crippen molar-refractivity contribution in [1.29, 1.82) is 0 Å². The third-order valence-corrected chi connectivity index (χ3v) is 10.7. The number of ether oxygens (including phenoxy) is 2. The molecule has 0 aromatic carbocycles. The fourth-order valence-electron chi connectivity index (χ4n) is 6.24. The van der Waals surface area contributed by atoms with E-state index in [0.29, 0.717) is 12.8 Å². The van der Waals surface area contributed by atoms with Gasteiger partial charge < -0.3 is 25.2 Å². The number of hydrogen-bond donors (Lipinski definition) is 3. The van der Waals surface area contributed by atoms with Gasteiger partial charge in [0.2, 0.25) is 0 Å². The van der Waals surface area contributed by atoms with Crippen LogP contribution >= 0.6 is 7.82 Å². The van der Waals surface area contributed by atoms with Gasteiger partial charge in [-0.2, -0.15) is 0 Å². The Kier molecular flexibility index (Phi) is 37.8. The fourth-order valence-corrected chi connectivity index (χ4v) is 7.02. The summed E-state index contributed by atoms with van der Waals surface area (Å²) in [4.78, 5) is 45.9. The molecule has 0 heterocycles. The van der Waals surface area contributed by atoms with E-state index in [2.05, 4.69) is 30.5 Å². The van der Waals surface area contributed by atoms with E-state index in [9.17, 15) is 23.8 Å². The molecule has 0 rings (SSSR count). The lowest BCUT2D eigenvalue weighted by Crippen LogP contribution is -2.34. The molecule has 0 bridgehead atoms. The molecule has 1 unspecified atom stereocenters. The quantitative estimate of drug-likeness (QED) is 0.0232. The van der Waals surface area contributed by atoms with Crippen LogP contribution in [-0.4, -0.2) is 59.9 Å². The number of carboxylic acid groups (broad SMARTS) is 1. The van der Waals surface area contributed by atoms with Crippen molar-refractivity contribution in [2.45, 2.75) is 225 Å². The molecule has 0 saturated heterocycles. The molecular weight excluding hydrogens is 721 g/mol. The molecular formula is C43H82NO10P. The van der Waals surface area contributed by atoms with Crippen molar-refractivity contribution >= 4 is 25.7 Å². The van der Waals surface area contributed by atoms with Crippen LogP contribution in [0.2, 0.25) is 0 Å². The van der Waals surface area contributed by atoms with Crippen LogP contribution in [-0.2, 0) is 37.5 Å². The summed E-state index contributed by atoms with van der Waals surface area (Å²) < 4.78 is 32.7. The standard InChI is InChI=1S/C43H82NO10P/c1-3-5-7-9-11-13-15-17-18-19-20-21-22-23-25-27-29-31-33-35-42(46)54-39(37-52-55(49,50)53-38-40(44)43(47)48)36-51-41(45)34-32-30-28-26-24-16-14-12-10-8-6-4-2/h17-18,39-40H,3-16,19-38,44H2,1-2H3,(H,47,48)(H,49,50)/b18-17-/t39-,40+/m1/s1. The SMILES string of the molecule is CCCCCCCC/C=C\CCCCCCCCCCCC(=O)O[C@H](COC(=O)CCCCCCCCCCCCCC)COP(=O)(O)OC[C@H](N)C(=O)O. The average Bonchev–Trinajstić information content (AvgIpc) is 3.16. The number of rotatable bonds is 42. The zero-order chi connectivity index (χ0) is 40.7. The summed E-state index contributed by atoms with van der Waals surface area (Å²) in [7, 11) is -4.71. The molecule has 3 atom stereocenters. The zero-order valence-electron chi connectivity index (χ0n) is 35.0. The van der Waals surface area contributed by atoms with E-state index >= 15 is 0 Å². The van der Waals surface area contributed by atoms with Gasteiger partial charge in [-0.05, 0) is 38.5 Å². The largest absolute Gasteiger partial charge is 0.480 e. The van der Waals surface area contributed by atoms with E-state index in [1.165, 1.54) is 135 Å². The van der Waals surface area contributed by atoms with Gasteiger partial charge in [-0.1, -0.05) is 174 Å². The van der Waals surface area contributed by atoms with Crippen LogP contribution in [0.4, 0.5) is 0 Å². The second-order valence-electron chi connectivity index (χ2n) is 15.2.